The van der Waals surface area contributed by atoms with Crippen LogP contribution in [0.2, 0.25) is 0 Å². The number of hydrogen-bond donors (Lipinski definition) is 1. The van der Waals surface area contributed by atoms with Crippen molar-refractivity contribution in [3.63, 3.8) is 0 Å². The summed E-state index contributed by atoms with van der Waals surface area (Å²) in [4.78, 5) is 0. The van der Waals surface area contributed by atoms with E-state index in [2.05, 4.69) is 24.1 Å². The summed E-state index contributed by atoms with van der Waals surface area (Å²) < 4.78 is 18.1. The average Bonchev–Trinajstić information content (AvgIpc) is 2.46. The third kappa shape index (κ3) is 4.66. The Balaban J connectivity index is 1.75. The van der Waals surface area contributed by atoms with Crippen molar-refractivity contribution in [2.75, 3.05) is 19.8 Å². The summed E-state index contributed by atoms with van der Waals surface area (Å²) in [5, 5.41) is 3.43. The van der Waals surface area contributed by atoms with Crippen LogP contribution in [0.1, 0.15) is 25.3 Å². The Kier molecular flexibility index (Phi) is 5.38. The lowest BCUT2D eigenvalue weighted by atomic mass is 9.93. The Bertz CT molecular complexity index is 440. The minimum absolute atomic E-state index is 0.225. The summed E-state index contributed by atoms with van der Waals surface area (Å²) in [6.45, 7) is 4.61. The van der Waals surface area contributed by atoms with Crippen molar-refractivity contribution in [3.8, 4) is 11.8 Å². The molecule has 0 unspecified atom stereocenters. The predicted molar refractivity (Wildman–Crippen MR) is 74.3 cm³/mol. The number of nitrogens with one attached hydrogen (secondary N) is 1. The van der Waals surface area contributed by atoms with Gasteiger partial charge in [0.15, 0.2) is 0 Å². The molecule has 1 heterocycles. The number of halogens is 1. The van der Waals surface area contributed by atoms with Gasteiger partial charge in [-0.2, -0.15) is 0 Å². The molecule has 1 atom stereocenters. The third-order valence-electron chi connectivity index (χ3n) is 3.56. The first kappa shape index (κ1) is 14.0. The van der Waals surface area contributed by atoms with Crippen LogP contribution in [0.15, 0.2) is 24.3 Å². The third-order valence-corrected chi connectivity index (χ3v) is 3.56. The monoisotopic (exact) mass is 261 g/mol. The smallest absolute Gasteiger partial charge is 0.123 e. The van der Waals surface area contributed by atoms with Gasteiger partial charge in [0.1, 0.15) is 5.82 Å². The zero-order valence-corrected chi connectivity index (χ0v) is 11.3. The summed E-state index contributed by atoms with van der Waals surface area (Å²) in [5.41, 5.74) is 0.849. The molecule has 0 saturated carbocycles. The van der Waals surface area contributed by atoms with E-state index in [1.165, 1.54) is 12.1 Å². The maximum absolute atomic E-state index is 12.7. The largest absolute Gasteiger partial charge is 0.381 e. The van der Waals surface area contributed by atoms with Gasteiger partial charge in [-0.05, 0) is 49.9 Å². The van der Waals surface area contributed by atoms with Crippen molar-refractivity contribution >= 4 is 0 Å². The van der Waals surface area contributed by atoms with E-state index in [1.54, 1.807) is 12.1 Å². The van der Waals surface area contributed by atoms with Gasteiger partial charge in [-0.25, -0.2) is 4.39 Å². The van der Waals surface area contributed by atoms with Crippen LogP contribution in [-0.2, 0) is 4.74 Å². The maximum atomic E-state index is 12.7. The highest BCUT2D eigenvalue weighted by Crippen LogP contribution is 2.18. The Morgan fingerprint density at radius 3 is 2.68 bits per heavy atom. The molecule has 19 heavy (non-hydrogen) atoms. The summed E-state index contributed by atoms with van der Waals surface area (Å²) >= 11 is 0. The molecule has 102 valence electrons. The van der Waals surface area contributed by atoms with Gasteiger partial charge in [-0.15, -0.1) is 0 Å². The zero-order chi connectivity index (χ0) is 13.5. The Morgan fingerprint density at radius 2 is 2.00 bits per heavy atom. The van der Waals surface area contributed by atoms with Gasteiger partial charge in [0, 0.05) is 24.8 Å². The van der Waals surface area contributed by atoms with Crippen LogP contribution in [-0.4, -0.2) is 25.8 Å². The summed E-state index contributed by atoms with van der Waals surface area (Å²) in [6, 6.07) is 6.73. The van der Waals surface area contributed by atoms with Crippen LogP contribution in [0.5, 0.6) is 0 Å². The van der Waals surface area contributed by atoms with Gasteiger partial charge in [0.05, 0.1) is 6.54 Å². The molecule has 1 aliphatic heterocycles. The fraction of sp³-hybridized carbons (Fsp3) is 0.500. The molecular weight excluding hydrogens is 241 g/mol. The molecule has 3 heteroatoms. The molecule has 0 amide bonds. The number of ether oxygens (including phenoxy) is 1. The molecule has 0 aliphatic carbocycles. The molecule has 0 bridgehead atoms. The van der Waals surface area contributed by atoms with Crippen LogP contribution in [0.25, 0.3) is 0 Å². The van der Waals surface area contributed by atoms with E-state index >= 15 is 0 Å². The standard InChI is InChI=1S/C16H20FNO/c1-13(15-8-11-19-12-9-15)18-10-2-3-14-4-6-16(17)7-5-14/h4-7,13,15,18H,8-12H2,1H3/t13-/m0/s1. The van der Waals surface area contributed by atoms with Crippen molar-refractivity contribution < 1.29 is 9.13 Å². The van der Waals surface area contributed by atoms with Crippen LogP contribution in [0.4, 0.5) is 4.39 Å². The first-order valence-corrected chi connectivity index (χ1v) is 6.81. The molecule has 2 rings (SSSR count). The van der Waals surface area contributed by atoms with Gasteiger partial charge in [0.25, 0.3) is 0 Å². The predicted octanol–water partition coefficient (Wildman–Crippen LogP) is 2.58. The molecule has 0 aromatic heterocycles. The molecule has 1 fully saturated rings. The van der Waals surface area contributed by atoms with Crippen LogP contribution in [0, 0.1) is 23.6 Å². The van der Waals surface area contributed by atoms with Crippen molar-refractivity contribution in [3.05, 3.63) is 35.6 Å². The topological polar surface area (TPSA) is 21.3 Å². The lowest BCUT2D eigenvalue weighted by molar-refractivity contribution is 0.0565. The molecule has 0 spiro atoms. The van der Waals surface area contributed by atoms with Crippen molar-refractivity contribution in [1.82, 2.24) is 5.32 Å². The molecule has 1 N–H and O–H groups in total. The van der Waals surface area contributed by atoms with E-state index in [0.717, 1.165) is 31.6 Å². The van der Waals surface area contributed by atoms with Crippen molar-refractivity contribution in [1.29, 1.82) is 0 Å². The molecule has 1 saturated heterocycles. The second-order valence-corrected chi connectivity index (χ2v) is 4.93. The lowest BCUT2D eigenvalue weighted by Gasteiger charge is -2.27. The Labute approximate surface area is 114 Å². The van der Waals surface area contributed by atoms with Gasteiger partial charge in [0.2, 0.25) is 0 Å². The van der Waals surface area contributed by atoms with Gasteiger partial charge < -0.3 is 10.1 Å². The van der Waals surface area contributed by atoms with Crippen LogP contribution < -0.4 is 5.32 Å². The molecule has 1 aliphatic rings. The van der Waals surface area contributed by atoms with E-state index < -0.39 is 0 Å². The normalized spacial score (nSPS) is 17.6. The summed E-state index contributed by atoms with van der Waals surface area (Å²) in [7, 11) is 0. The molecule has 2 nitrogen and oxygen atoms in total. The van der Waals surface area contributed by atoms with E-state index in [9.17, 15) is 4.39 Å². The fourth-order valence-corrected chi connectivity index (χ4v) is 2.27. The first-order valence-electron chi connectivity index (χ1n) is 6.81. The van der Waals surface area contributed by atoms with Crippen LogP contribution >= 0.6 is 0 Å². The molecular formula is C16H20FNO. The lowest BCUT2D eigenvalue weighted by Crippen LogP contribution is -2.36. The van der Waals surface area contributed by atoms with Gasteiger partial charge in [-0.3, -0.25) is 0 Å². The van der Waals surface area contributed by atoms with Crippen molar-refractivity contribution in [2.45, 2.75) is 25.8 Å². The number of hydrogen-bond acceptors (Lipinski definition) is 2. The van der Waals surface area contributed by atoms with E-state index in [4.69, 9.17) is 4.74 Å². The van der Waals surface area contributed by atoms with Crippen molar-refractivity contribution in [2.24, 2.45) is 5.92 Å². The highest BCUT2D eigenvalue weighted by molar-refractivity contribution is 5.34. The second-order valence-electron chi connectivity index (χ2n) is 4.93. The quantitative estimate of drug-likeness (QED) is 0.844. The Hall–Kier alpha value is -1.37. The van der Waals surface area contributed by atoms with E-state index in [1.807, 2.05) is 0 Å². The van der Waals surface area contributed by atoms with E-state index in [-0.39, 0.29) is 5.82 Å². The summed E-state index contributed by atoms with van der Waals surface area (Å²) in [6.07, 6.45) is 2.25. The van der Waals surface area contributed by atoms with Gasteiger partial charge >= 0.3 is 0 Å². The number of rotatable bonds is 3. The number of benzene rings is 1. The summed E-state index contributed by atoms with van der Waals surface area (Å²) in [5.74, 6) is 6.56. The zero-order valence-electron chi connectivity index (χ0n) is 11.3. The molecule has 1 aromatic carbocycles. The molecule has 0 radical (unpaired) electrons. The van der Waals surface area contributed by atoms with Crippen LogP contribution in [0.3, 0.4) is 0 Å². The maximum Gasteiger partial charge on any atom is 0.123 e. The highest BCUT2D eigenvalue weighted by atomic mass is 19.1. The Morgan fingerprint density at radius 1 is 1.32 bits per heavy atom. The SMILES string of the molecule is C[C@H](NCC#Cc1ccc(F)cc1)C1CCOCC1. The van der Waals surface area contributed by atoms with E-state index in [0.29, 0.717) is 18.5 Å². The minimum Gasteiger partial charge on any atom is -0.381 e. The highest BCUT2D eigenvalue weighted by Gasteiger charge is 2.19. The molecule has 1 aromatic rings. The fourth-order valence-electron chi connectivity index (χ4n) is 2.27. The average molecular weight is 261 g/mol. The second kappa shape index (κ2) is 7.28. The minimum atomic E-state index is -0.225. The first-order chi connectivity index (χ1) is 9.25. The van der Waals surface area contributed by atoms with Gasteiger partial charge in [-0.1, -0.05) is 11.8 Å².